The number of alkyl carbamates (subject to hydrolysis) is 1. The van der Waals surface area contributed by atoms with Crippen LogP contribution in [-0.4, -0.2) is 71.7 Å². The second-order valence-electron chi connectivity index (χ2n) is 16.0. The smallest absolute Gasteiger partial charge is 0.413 e. The number of unbranched alkanes of at least 4 members (excludes halogenated alkanes) is 1. The van der Waals surface area contributed by atoms with Crippen molar-refractivity contribution in [2.24, 2.45) is 5.92 Å². The Bertz CT molecular complexity index is 2230. The monoisotopic (exact) mass is 827 g/mol. The highest BCUT2D eigenvalue weighted by Crippen LogP contribution is 2.44. The van der Waals surface area contributed by atoms with E-state index in [-0.39, 0.29) is 49.8 Å². The number of nitrogens with one attached hydrogen (secondary N) is 4. The van der Waals surface area contributed by atoms with Gasteiger partial charge in [-0.25, -0.2) is 14.6 Å². The first-order chi connectivity index (χ1) is 29.4. The third-order valence-corrected chi connectivity index (χ3v) is 10.6. The van der Waals surface area contributed by atoms with Crippen molar-refractivity contribution in [2.45, 2.75) is 78.1 Å². The van der Waals surface area contributed by atoms with Crippen LogP contribution in [0.3, 0.4) is 0 Å². The van der Waals surface area contributed by atoms with Crippen molar-refractivity contribution in [3.05, 3.63) is 137 Å². The maximum Gasteiger partial charge on any atom is 0.413 e. The second kappa shape index (κ2) is 21.2. The Morgan fingerprint density at radius 2 is 1.43 bits per heavy atom. The maximum atomic E-state index is 12.9. The summed E-state index contributed by atoms with van der Waals surface area (Å²) < 4.78 is 13.2. The number of imidazole rings is 1. The lowest BCUT2D eigenvalue weighted by molar-refractivity contribution is -0.126. The van der Waals surface area contributed by atoms with Crippen LogP contribution in [-0.2, 0) is 45.2 Å². The number of hydrogen-bond acceptors (Lipinski definition) is 8. The molecule has 4 amide bonds. The van der Waals surface area contributed by atoms with Crippen molar-refractivity contribution < 1.29 is 28.7 Å². The average molecular weight is 828 g/mol. The number of aryl methyl sites for hydroxylation is 1. The highest BCUT2D eigenvalue weighted by atomic mass is 16.6. The van der Waals surface area contributed by atoms with Gasteiger partial charge in [0.2, 0.25) is 11.8 Å². The number of carbonyl (C=O) groups excluding carboxylic acids is 4. The van der Waals surface area contributed by atoms with Gasteiger partial charge in [0.05, 0.1) is 0 Å². The first-order valence-corrected chi connectivity index (χ1v) is 21.0. The van der Waals surface area contributed by atoms with Gasteiger partial charge in [-0.1, -0.05) is 105 Å². The molecule has 0 bridgehead atoms. The molecule has 4 N–H and O–H groups in total. The van der Waals surface area contributed by atoms with Crippen LogP contribution in [0.15, 0.2) is 103 Å². The van der Waals surface area contributed by atoms with E-state index in [9.17, 15) is 19.2 Å². The van der Waals surface area contributed by atoms with Crippen LogP contribution in [0.5, 0.6) is 0 Å². The van der Waals surface area contributed by atoms with Crippen molar-refractivity contribution in [3.8, 4) is 11.1 Å². The van der Waals surface area contributed by atoms with Gasteiger partial charge in [0.1, 0.15) is 25.1 Å². The van der Waals surface area contributed by atoms with Gasteiger partial charge >= 0.3 is 12.2 Å². The molecule has 0 radical (unpaired) electrons. The first-order valence-electron chi connectivity index (χ1n) is 21.0. The van der Waals surface area contributed by atoms with Gasteiger partial charge in [-0.15, -0.1) is 0 Å². The number of aromatic nitrogens is 2. The number of fused-ring (bicyclic) bond motifs is 3. The van der Waals surface area contributed by atoms with Crippen LogP contribution in [0.4, 0.5) is 21.1 Å². The van der Waals surface area contributed by atoms with Crippen LogP contribution in [0.25, 0.3) is 11.1 Å². The lowest BCUT2D eigenvalue weighted by Crippen LogP contribution is -2.42. The lowest BCUT2D eigenvalue weighted by atomic mass is 9.98. The highest BCUT2D eigenvalue weighted by molar-refractivity contribution is 5.97. The van der Waals surface area contributed by atoms with Gasteiger partial charge in [0.25, 0.3) is 0 Å². The number of amides is 4. The molecule has 0 spiro atoms. The van der Waals surface area contributed by atoms with Gasteiger partial charge in [-0.2, -0.15) is 0 Å². The molecule has 0 saturated carbocycles. The number of benzene rings is 4. The number of rotatable bonds is 19. The summed E-state index contributed by atoms with van der Waals surface area (Å²) in [6.45, 7) is 7.56. The zero-order chi connectivity index (χ0) is 43.3. The minimum absolute atomic E-state index is 0.0174. The third kappa shape index (κ3) is 12.5. The van der Waals surface area contributed by atoms with Crippen LogP contribution in [0.2, 0.25) is 0 Å². The topological polar surface area (TPSA) is 156 Å². The van der Waals surface area contributed by atoms with Gasteiger partial charge in [-0.3, -0.25) is 14.9 Å². The minimum atomic E-state index is -0.805. The molecule has 2 atom stereocenters. The zero-order valence-electron chi connectivity index (χ0n) is 35.7. The molecule has 0 saturated heterocycles. The van der Waals surface area contributed by atoms with E-state index in [4.69, 9.17) is 9.47 Å². The fourth-order valence-electron chi connectivity index (χ4n) is 7.38. The van der Waals surface area contributed by atoms with Crippen LogP contribution >= 0.6 is 0 Å². The Kier molecular flexibility index (Phi) is 15.3. The summed E-state index contributed by atoms with van der Waals surface area (Å²) in [5, 5.41) is 11.1. The van der Waals surface area contributed by atoms with Gasteiger partial charge < -0.3 is 34.9 Å². The van der Waals surface area contributed by atoms with Crippen LogP contribution < -0.4 is 21.3 Å². The molecule has 61 heavy (non-hydrogen) atoms. The fraction of sp³-hybridized carbons (Fsp3) is 0.354. The Balaban J connectivity index is 0.887. The molecular weight excluding hydrogens is 771 g/mol. The van der Waals surface area contributed by atoms with E-state index in [0.717, 1.165) is 65.0 Å². The molecule has 320 valence electrons. The predicted octanol–water partition coefficient (Wildman–Crippen LogP) is 8.09. The maximum absolute atomic E-state index is 12.9. The van der Waals surface area contributed by atoms with Gasteiger partial charge in [0, 0.05) is 50.3 Å². The van der Waals surface area contributed by atoms with Crippen molar-refractivity contribution >= 4 is 35.5 Å². The standard InChI is InChI=1S/C48H57N7O6/c1-6-7-16-44-52-43(29-55(44)28-35-19-17-34(18-20-35)27-54(4)5)53-48(59)60-30-36-21-23-37(24-22-36)51-46(57)33(3)50-45(56)25-32(2)26-49-47(58)61-31-42-40-14-10-8-12-38(40)39-13-9-11-15-41(39)42/h8-15,17-24,29,32-33,42H,6-7,16,25-28,30-31H2,1-5H3,(H,49,58)(H,50,56)(H,51,57)(H,53,59)/t32?,33-/m0/s1. The molecule has 6 rings (SSSR count). The van der Waals surface area contributed by atoms with E-state index < -0.39 is 18.2 Å². The molecule has 13 nitrogen and oxygen atoms in total. The Morgan fingerprint density at radius 3 is 2.08 bits per heavy atom. The van der Waals surface area contributed by atoms with Crippen LogP contribution in [0, 0.1) is 5.92 Å². The van der Waals surface area contributed by atoms with Gasteiger partial charge in [0.15, 0.2) is 5.82 Å². The summed E-state index contributed by atoms with van der Waals surface area (Å²) in [6, 6.07) is 30.9. The van der Waals surface area contributed by atoms with E-state index in [1.54, 1.807) is 31.2 Å². The van der Waals surface area contributed by atoms with Crippen LogP contribution in [0.1, 0.15) is 79.6 Å². The zero-order valence-corrected chi connectivity index (χ0v) is 35.7. The molecule has 1 aliphatic rings. The molecule has 0 fully saturated rings. The number of carbonyl (C=O) groups is 4. The molecule has 1 heterocycles. The SMILES string of the molecule is CCCCc1nc(NC(=O)OCc2ccc(NC(=O)[C@H](C)NC(=O)CC(C)CNC(=O)OCC3c4ccccc4-c4ccccc43)cc2)cn1Cc1ccc(CN(C)C)cc1. The summed E-state index contributed by atoms with van der Waals surface area (Å²) >= 11 is 0. The Hall–Kier alpha value is -6.47. The lowest BCUT2D eigenvalue weighted by Gasteiger charge is -2.17. The highest BCUT2D eigenvalue weighted by Gasteiger charge is 2.29. The summed E-state index contributed by atoms with van der Waals surface area (Å²) in [6.07, 6.45) is 3.60. The van der Waals surface area contributed by atoms with E-state index in [1.165, 1.54) is 5.56 Å². The van der Waals surface area contributed by atoms with Crippen molar-refractivity contribution in [1.82, 2.24) is 25.1 Å². The normalized spacial score (nSPS) is 12.8. The molecular formula is C48H57N7O6. The number of ether oxygens (including phenoxy) is 2. The van der Waals surface area contributed by atoms with E-state index in [2.05, 4.69) is 91.2 Å². The fourth-order valence-corrected chi connectivity index (χ4v) is 7.38. The minimum Gasteiger partial charge on any atom is -0.449 e. The summed E-state index contributed by atoms with van der Waals surface area (Å²) in [5.74, 6) is 0.384. The molecule has 13 heteroatoms. The van der Waals surface area contributed by atoms with E-state index in [1.807, 2.05) is 51.5 Å². The quantitative estimate of drug-likeness (QED) is 0.0651. The number of anilines is 2. The number of nitrogens with zero attached hydrogens (tertiary/aromatic N) is 3. The summed E-state index contributed by atoms with van der Waals surface area (Å²) in [7, 11) is 4.10. The largest absolute Gasteiger partial charge is 0.449 e. The first kappa shape index (κ1) is 44.1. The van der Waals surface area contributed by atoms with Crippen molar-refractivity contribution in [3.63, 3.8) is 0 Å². The molecule has 0 aliphatic heterocycles. The second-order valence-corrected chi connectivity index (χ2v) is 16.0. The molecule has 1 aliphatic carbocycles. The summed E-state index contributed by atoms with van der Waals surface area (Å²) in [4.78, 5) is 57.8. The number of hydrogen-bond donors (Lipinski definition) is 4. The Labute approximate surface area is 358 Å². The average Bonchev–Trinajstić information content (AvgIpc) is 3.78. The van der Waals surface area contributed by atoms with E-state index in [0.29, 0.717) is 18.1 Å². The van der Waals surface area contributed by atoms with Crippen molar-refractivity contribution in [2.75, 3.05) is 37.9 Å². The predicted molar refractivity (Wildman–Crippen MR) is 237 cm³/mol. The molecule has 1 unspecified atom stereocenters. The van der Waals surface area contributed by atoms with E-state index >= 15 is 0 Å². The molecule has 4 aromatic carbocycles. The third-order valence-electron chi connectivity index (χ3n) is 10.6. The summed E-state index contributed by atoms with van der Waals surface area (Å²) in [5.41, 5.74) is 8.22. The Morgan fingerprint density at radius 1 is 0.787 bits per heavy atom. The van der Waals surface area contributed by atoms with Gasteiger partial charge in [-0.05, 0) is 84.4 Å². The molecule has 5 aromatic rings. The van der Waals surface area contributed by atoms with Crippen molar-refractivity contribution in [1.29, 1.82) is 0 Å². The molecule has 1 aromatic heterocycles.